The zero-order chi connectivity index (χ0) is 11.0. The molecule has 1 atom stereocenters. The summed E-state index contributed by atoms with van der Waals surface area (Å²) in [6.45, 7) is 9.64. The first-order chi connectivity index (χ1) is 6.52. The molecule has 0 aromatic heterocycles. The number of hydrogen-bond donors (Lipinski definition) is 1. The van der Waals surface area contributed by atoms with Crippen LogP contribution in [-0.4, -0.2) is 25.3 Å². The maximum Gasteiger partial charge on any atom is 0.0746 e. The van der Waals surface area contributed by atoms with E-state index in [4.69, 9.17) is 4.74 Å². The zero-order valence-corrected chi connectivity index (χ0v) is 10.5. The summed E-state index contributed by atoms with van der Waals surface area (Å²) in [4.78, 5) is 0. The Morgan fingerprint density at radius 3 is 2.43 bits per heavy atom. The highest BCUT2D eigenvalue weighted by molar-refractivity contribution is 4.73. The van der Waals surface area contributed by atoms with Crippen LogP contribution < -0.4 is 5.32 Å². The van der Waals surface area contributed by atoms with Gasteiger partial charge >= 0.3 is 0 Å². The monoisotopic (exact) mass is 201 g/mol. The van der Waals surface area contributed by atoms with Gasteiger partial charge in [-0.15, -0.1) is 0 Å². The molecule has 0 radical (unpaired) electrons. The van der Waals surface area contributed by atoms with E-state index in [1.54, 1.807) is 7.11 Å². The Balaban J connectivity index is 3.48. The van der Waals surface area contributed by atoms with Crippen molar-refractivity contribution in [1.29, 1.82) is 0 Å². The van der Waals surface area contributed by atoms with Crippen LogP contribution in [0, 0.1) is 0 Å². The SMILES string of the molecule is CCCCCC(C)NCC(C)(C)OC. The Labute approximate surface area is 89.4 Å². The minimum atomic E-state index is -0.0426. The van der Waals surface area contributed by atoms with E-state index in [9.17, 15) is 0 Å². The molecular weight excluding hydrogens is 174 g/mol. The number of ether oxygens (including phenoxy) is 1. The van der Waals surface area contributed by atoms with Crippen LogP contribution in [0.5, 0.6) is 0 Å². The van der Waals surface area contributed by atoms with Crippen LogP contribution >= 0.6 is 0 Å². The molecular formula is C12H27NO. The molecule has 1 unspecified atom stereocenters. The van der Waals surface area contributed by atoms with E-state index < -0.39 is 0 Å². The fraction of sp³-hybridized carbons (Fsp3) is 1.00. The molecule has 0 saturated carbocycles. The van der Waals surface area contributed by atoms with Crippen LogP contribution in [0.4, 0.5) is 0 Å². The molecule has 0 aliphatic rings. The molecule has 0 spiro atoms. The molecule has 0 amide bonds. The van der Waals surface area contributed by atoms with Crippen molar-refractivity contribution in [1.82, 2.24) is 5.32 Å². The van der Waals surface area contributed by atoms with Gasteiger partial charge in [0.25, 0.3) is 0 Å². The maximum atomic E-state index is 5.35. The van der Waals surface area contributed by atoms with Gasteiger partial charge in [0.1, 0.15) is 0 Å². The lowest BCUT2D eigenvalue weighted by Gasteiger charge is -2.25. The Morgan fingerprint density at radius 1 is 1.29 bits per heavy atom. The molecule has 1 N–H and O–H groups in total. The molecule has 0 bridgehead atoms. The van der Waals surface area contributed by atoms with Gasteiger partial charge in [0.2, 0.25) is 0 Å². The first-order valence-electron chi connectivity index (χ1n) is 5.80. The van der Waals surface area contributed by atoms with Crippen LogP contribution in [0.25, 0.3) is 0 Å². The Hall–Kier alpha value is -0.0800. The maximum absolute atomic E-state index is 5.35. The van der Waals surface area contributed by atoms with Gasteiger partial charge in [0.05, 0.1) is 5.60 Å². The highest BCUT2D eigenvalue weighted by atomic mass is 16.5. The fourth-order valence-corrected chi connectivity index (χ4v) is 1.29. The summed E-state index contributed by atoms with van der Waals surface area (Å²) >= 11 is 0. The molecule has 0 rings (SSSR count). The topological polar surface area (TPSA) is 21.3 Å². The summed E-state index contributed by atoms with van der Waals surface area (Å²) in [5.74, 6) is 0. The standard InChI is InChI=1S/C12H27NO/c1-6-7-8-9-11(2)13-10-12(3,4)14-5/h11,13H,6-10H2,1-5H3. The molecule has 0 saturated heterocycles. The summed E-state index contributed by atoms with van der Waals surface area (Å²) in [6, 6.07) is 0.607. The Morgan fingerprint density at radius 2 is 1.93 bits per heavy atom. The summed E-state index contributed by atoms with van der Waals surface area (Å²) < 4.78 is 5.35. The molecule has 0 aliphatic carbocycles. The Kier molecular flexibility index (Phi) is 7.20. The third kappa shape index (κ3) is 7.34. The third-order valence-electron chi connectivity index (χ3n) is 2.67. The highest BCUT2D eigenvalue weighted by Crippen LogP contribution is 2.07. The number of rotatable bonds is 8. The molecule has 14 heavy (non-hydrogen) atoms. The molecule has 0 fully saturated rings. The summed E-state index contributed by atoms with van der Waals surface area (Å²) in [7, 11) is 1.77. The van der Waals surface area contributed by atoms with E-state index in [1.807, 2.05) is 0 Å². The Bertz CT molecular complexity index is 134. The third-order valence-corrected chi connectivity index (χ3v) is 2.67. The van der Waals surface area contributed by atoms with Crippen LogP contribution in [-0.2, 0) is 4.74 Å². The average molecular weight is 201 g/mol. The largest absolute Gasteiger partial charge is 0.377 e. The van der Waals surface area contributed by atoms with Crippen molar-refractivity contribution >= 4 is 0 Å². The molecule has 86 valence electrons. The molecule has 2 heteroatoms. The first kappa shape index (κ1) is 13.9. The zero-order valence-electron chi connectivity index (χ0n) is 10.5. The van der Waals surface area contributed by atoms with Crippen molar-refractivity contribution < 1.29 is 4.74 Å². The van der Waals surface area contributed by atoms with Gasteiger partial charge in [0.15, 0.2) is 0 Å². The van der Waals surface area contributed by atoms with Crippen molar-refractivity contribution in [2.75, 3.05) is 13.7 Å². The predicted molar refractivity (Wildman–Crippen MR) is 62.7 cm³/mol. The summed E-state index contributed by atoms with van der Waals surface area (Å²) in [5.41, 5.74) is -0.0426. The van der Waals surface area contributed by atoms with Gasteiger partial charge in [-0.1, -0.05) is 26.2 Å². The summed E-state index contributed by atoms with van der Waals surface area (Å²) in [5, 5.41) is 3.51. The number of methoxy groups -OCH3 is 1. The molecule has 0 heterocycles. The molecule has 0 aliphatic heterocycles. The van der Waals surface area contributed by atoms with Crippen LogP contribution in [0.1, 0.15) is 53.4 Å². The van der Waals surface area contributed by atoms with Gasteiger partial charge in [-0.25, -0.2) is 0 Å². The van der Waals surface area contributed by atoms with Crippen molar-refractivity contribution in [2.24, 2.45) is 0 Å². The van der Waals surface area contributed by atoms with Crippen molar-refractivity contribution in [3.8, 4) is 0 Å². The predicted octanol–water partition coefficient (Wildman–Crippen LogP) is 2.97. The van der Waals surface area contributed by atoms with Crippen LogP contribution in [0.3, 0.4) is 0 Å². The van der Waals surface area contributed by atoms with E-state index in [-0.39, 0.29) is 5.60 Å². The molecule has 2 nitrogen and oxygen atoms in total. The lowest BCUT2D eigenvalue weighted by Crippen LogP contribution is -2.40. The normalized spacial score (nSPS) is 14.4. The van der Waals surface area contributed by atoms with Gasteiger partial charge in [-0.2, -0.15) is 0 Å². The summed E-state index contributed by atoms with van der Waals surface area (Å²) in [6.07, 6.45) is 5.25. The van der Waals surface area contributed by atoms with E-state index in [2.05, 4.69) is 33.0 Å². The van der Waals surface area contributed by atoms with E-state index in [1.165, 1.54) is 25.7 Å². The first-order valence-corrected chi connectivity index (χ1v) is 5.80. The van der Waals surface area contributed by atoms with Crippen molar-refractivity contribution in [2.45, 2.75) is 65.0 Å². The van der Waals surface area contributed by atoms with Crippen molar-refractivity contribution in [3.05, 3.63) is 0 Å². The van der Waals surface area contributed by atoms with Gasteiger partial charge < -0.3 is 10.1 Å². The number of unbranched alkanes of at least 4 members (excludes halogenated alkanes) is 2. The minimum absolute atomic E-state index is 0.0426. The van der Waals surface area contributed by atoms with Gasteiger partial charge in [-0.3, -0.25) is 0 Å². The van der Waals surface area contributed by atoms with Crippen LogP contribution in [0.15, 0.2) is 0 Å². The second kappa shape index (κ2) is 7.24. The van der Waals surface area contributed by atoms with Crippen LogP contribution in [0.2, 0.25) is 0 Å². The van der Waals surface area contributed by atoms with Gasteiger partial charge in [0, 0.05) is 19.7 Å². The number of nitrogens with one attached hydrogen (secondary N) is 1. The van der Waals surface area contributed by atoms with Crippen molar-refractivity contribution in [3.63, 3.8) is 0 Å². The second-order valence-electron chi connectivity index (χ2n) is 4.74. The molecule has 0 aromatic carbocycles. The van der Waals surface area contributed by atoms with E-state index in [0.29, 0.717) is 6.04 Å². The smallest absolute Gasteiger partial charge is 0.0746 e. The quantitative estimate of drug-likeness (QED) is 0.610. The minimum Gasteiger partial charge on any atom is -0.377 e. The van der Waals surface area contributed by atoms with Gasteiger partial charge in [-0.05, 0) is 27.2 Å². The lowest BCUT2D eigenvalue weighted by atomic mass is 10.1. The molecule has 0 aromatic rings. The lowest BCUT2D eigenvalue weighted by molar-refractivity contribution is 0.0212. The van der Waals surface area contributed by atoms with E-state index in [0.717, 1.165) is 6.54 Å². The highest BCUT2D eigenvalue weighted by Gasteiger charge is 2.16. The second-order valence-corrected chi connectivity index (χ2v) is 4.74. The fourth-order valence-electron chi connectivity index (χ4n) is 1.29. The number of hydrogen-bond acceptors (Lipinski definition) is 2. The average Bonchev–Trinajstić information content (AvgIpc) is 2.16. The van der Waals surface area contributed by atoms with E-state index >= 15 is 0 Å².